The molecule has 1 aromatic rings. The molecule has 0 saturated heterocycles. The minimum absolute atomic E-state index is 0.553. The van der Waals surface area contributed by atoms with E-state index in [2.05, 4.69) is 91.5 Å². The van der Waals surface area contributed by atoms with E-state index < -0.39 is 0 Å². The van der Waals surface area contributed by atoms with Crippen LogP contribution in [0.3, 0.4) is 0 Å². The molecule has 0 aliphatic heterocycles. The minimum atomic E-state index is 0.553. The van der Waals surface area contributed by atoms with Gasteiger partial charge in [0.2, 0.25) is 0 Å². The Balaban J connectivity index is 2.41. The Morgan fingerprint density at radius 3 is 2.00 bits per heavy atom. The fraction of sp³-hybridized carbons (Fsp3) is 0.650. The second-order valence-corrected chi connectivity index (χ2v) is 7.33. The van der Waals surface area contributed by atoms with Crippen LogP contribution >= 0.6 is 0 Å². The third-order valence-corrected chi connectivity index (χ3v) is 4.19. The summed E-state index contributed by atoms with van der Waals surface area (Å²) in [7, 11) is 5.99. The van der Waals surface area contributed by atoms with Crippen molar-refractivity contribution >= 4 is 5.96 Å². The maximum absolute atomic E-state index is 4.32. The molecule has 0 aromatic heterocycles. The Morgan fingerprint density at radius 1 is 0.960 bits per heavy atom. The van der Waals surface area contributed by atoms with Gasteiger partial charge in [0.15, 0.2) is 5.96 Å². The van der Waals surface area contributed by atoms with Crippen molar-refractivity contribution in [2.75, 3.05) is 34.2 Å². The third kappa shape index (κ3) is 8.36. The third-order valence-electron chi connectivity index (χ3n) is 4.19. The number of nitrogens with zero attached hydrogens (tertiary/aromatic N) is 3. The molecule has 1 rings (SSSR count). The summed E-state index contributed by atoms with van der Waals surface area (Å²) in [6.07, 6.45) is 0. The summed E-state index contributed by atoms with van der Waals surface area (Å²) in [6, 6.07) is 9.85. The molecule has 25 heavy (non-hydrogen) atoms. The summed E-state index contributed by atoms with van der Waals surface area (Å²) < 4.78 is 0. The Labute approximate surface area is 154 Å². The molecule has 0 radical (unpaired) electrons. The normalized spacial score (nSPS) is 12.5. The number of benzene rings is 1. The summed E-state index contributed by atoms with van der Waals surface area (Å²) in [4.78, 5) is 8.97. The first kappa shape index (κ1) is 21.5. The van der Waals surface area contributed by atoms with E-state index in [9.17, 15) is 0 Å². The minimum Gasteiger partial charge on any atom is -0.355 e. The Bertz CT molecular complexity index is 497. The average Bonchev–Trinajstić information content (AvgIpc) is 2.54. The molecular formula is C20H37N5. The summed E-state index contributed by atoms with van der Waals surface area (Å²) in [5.41, 5.74) is 2.59. The molecule has 0 spiro atoms. The van der Waals surface area contributed by atoms with Crippen molar-refractivity contribution in [3.63, 3.8) is 0 Å². The monoisotopic (exact) mass is 347 g/mol. The van der Waals surface area contributed by atoms with E-state index in [4.69, 9.17) is 0 Å². The van der Waals surface area contributed by atoms with E-state index in [0.29, 0.717) is 12.1 Å². The van der Waals surface area contributed by atoms with Crippen LogP contribution in [0.4, 0.5) is 0 Å². The molecule has 0 heterocycles. The van der Waals surface area contributed by atoms with Gasteiger partial charge in [-0.2, -0.15) is 0 Å². The van der Waals surface area contributed by atoms with E-state index in [0.717, 1.165) is 32.1 Å². The van der Waals surface area contributed by atoms with E-state index >= 15 is 0 Å². The molecule has 0 amide bonds. The molecule has 142 valence electrons. The van der Waals surface area contributed by atoms with Crippen molar-refractivity contribution in [1.29, 1.82) is 0 Å². The highest BCUT2D eigenvalue weighted by Crippen LogP contribution is 2.06. The molecule has 5 heteroatoms. The highest BCUT2D eigenvalue weighted by molar-refractivity contribution is 5.79. The molecule has 0 fully saturated rings. The van der Waals surface area contributed by atoms with E-state index in [1.54, 1.807) is 0 Å². The van der Waals surface area contributed by atoms with Crippen molar-refractivity contribution in [1.82, 2.24) is 20.4 Å². The highest BCUT2D eigenvalue weighted by atomic mass is 15.2. The molecule has 1 aromatic carbocycles. The summed E-state index contributed by atoms with van der Waals surface area (Å²) >= 11 is 0. The van der Waals surface area contributed by atoms with Gasteiger partial charge in [-0.15, -0.1) is 0 Å². The molecule has 5 nitrogen and oxygen atoms in total. The van der Waals surface area contributed by atoms with Gasteiger partial charge in [0.1, 0.15) is 0 Å². The number of hydrogen-bond acceptors (Lipinski definition) is 3. The number of rotatable bonds is 9. The standard InChI is InChI=1S/C20H37N5/c1-16(2)25(17(3)4)13-12-22-20(21-5)23-14-18-8-10-19(11-9-18)15-24(6)7/h8-11,16-17H,12-15H2,1-7H3,(H2,21,22,23). The maximum atomic E-state index is 4.32. The second kappa shape index (κ2) is 11.1. The summed E-state index contributed by atoms with van der Waals surface area (Å²) in [5.74, 6) is 0.852. The number of aliphatic imine (C=N–C) groups is 1. The fourth-order valence-corrected chi connectivity index (χ4v) is 2.95. The van der Waals surface area contributed by atoms with Gasteiger partial charge in [-0.25, -0.2) is 0 Å². The first-order valence-corrected chi connectivity index (χ1v) is 9.26. The Hall–Kier alpha value is -1.59. The topological polar surface area (TPSA) is 42.9 Å². The predicted molar refractivity (Wildman–Crippen MR) is 109 cm³/mol. The van der Waals surface area contributed by atoms with Crippen LogP contribution in [-0.2, 0) is 13.1 Å². The average molecular weight is 348 g/mol. The smallest absolute Gasteiger partial charge is 0.191 e. The number of nitrogens with one attached hydrogen (secondary N) is 2. The Kier molecular flexibility index (Phi) is 9.53. The van der Waals surface area contributed by atoms with Gasteiger partial charge in [0, 0.05) is 45.3 Å². The van der Waals surface area contributed by atoms with Crippen LogP contribution in [0.1, 0.15) is 38.8 Å². The van der Waals surface area contributed by atoms with Gasteiger partial charge in [-0.1, -0.05) is 24.3 Å². The van der Waals surface area contributed by atoms with Crippen molar-refractivity contribution in [3.8, 4) is 0 Å². The largest absolute Gasteiger partial charge is 0.355 e. The van der Waals surface area contributed by atoms with Gasteiger partial charge in [-0.3, -0.25) is 9.89 Å². The van der Waals surface area contributed by atoms with E-state index in [-0.39, 0.29) is 0 Å². The molecule has 0 bridgehead atoms. The van der Waals surface area contributed by atoms with Crippen LogP contribution in [0.2, 0.25) is 0 Å². The van der Waals surface area contributed by atoms with Gasteiger partial charge in [0.05, 0.1) is 0 Å². The van der Waals surface area contributed by atoms with E-state index in [1.165, 1.54) is 11.1 Å². The molecule has 0 unspecified atom stereocenters. The maximum Gasteiger partial charge on any atom is 0.191 e. The lowest BCUT2D eigenvalue weighted by molar-refractivity contribution is 0.178. The molecular weight excluding hydrogens is 310 g/mol. The zero-order valence-corrected chi connectivity index (χ0v) is 17.1. The molecule has 0 atom stereocenters. The zero-order valence-electron chi connectivity index (χ0n) is 17.1. The lowest BCUT2D eigenvalue weighted by Gasteiger charge is -2.30. The van der Waals surface area contributed by atoms with Crippen molar-refractivity contribution < 1.29 is 0 Å². The SMILES string of the molecule is CN=C(NCCN(C(C)C)C(C)C)NCc1ccc(CN(C)C)cc1. The summed E-state index contributed by atoms with van der Waals surface area (Å²) in [6.45, 7) is 12.6. The van der Waals surface area contributed by atoms with Crippen LogP contribution in [-0.4, -0.2) is 62.1 Å². The first-order chi connectivity index (χ1) is 11.8. The molecule has 0 aliphatic carbocycles. The summed E-state index contributed by atoms with van der Waals surface area (Å²) in [5, 5.41) is 6.80. The zero-order chi connectivity index (χ0) is 18.8. The van der Waals surface area contributed by atoms with Crippen LogP contribution in [0.5, 0.6) is 0 Å². The predicted octanol–water partition coefficient (Wildman–Crippen LogP) is 2.53. The van der Waals surface area contributed by atoms with Crippen LogP contribution in [0.25, 0.3) is 0 Å². The van der Waals surface area contributed by atoms with Crippen LogP contribution < -0.4 is 10.6 Å². The Morgan fingerprint density at radius 2 is 1.52 bits per heavy atom. The molecule has 0 saturated carbocycles. The van der Waals surface area contributed by atoms with E-state index in [1.807, 2.05) is 7.05 Å². The fourth-order valence-electron chi connectivity index (χ4n) is 2.95. The van der Waals surface area contributed by atoms with Crippen molar-refractivity contribution in [3.05, 3.63) is 35.4 Å². The lowest BCUT2D eigenvalue weighted by atomic mass is 10.1. The van der Waals surface area contributed by atoms with Gasteiger partial charge in [-0.05, 0) is 52.9 Å². The van der Waals surface area contributed by atoms with Crippen molar-refractivity contribution in [2.24, 2.45) is 4.99 Å². The molecule has 0 aliphatic rings. The first-order valence-electron chi connectivity index (χ1n) is 9.26. The van der Waals surface area contributed by atoms with Crippen molar-refractivity contribution in [2.45, 2.75) is 52.9 Å². The molecule has 2 N–H and O–H groups in total. The van der Waals surface area contributed by atoms with Gasteiger partial charge in [0.25, 0.3) is 0 Å². The lowest BCUT2D eigenvalue weighted by Crippen LogP contribution is -2.45. The van der Waals surface area contributed by atoms with Crippen LogP contribution in [0, 0.1) is 0 Å². The quantitative estimate of drug-likeness (QED) is 0.532. The number of guanidine groups is 1. The highest BCUT2D eigenvalue weighted by Gasteiger charge is 2.12. The van der Waals surface area contributed by atoms with Gasteiger partial charge < -0.3 is 15.5 Å². The second-order valence-electron chi connectivity index (χ2n) is 7.33. The van der Waals surface area contributed by atoms with Gasteiger partial charge >= 0.3 is 0 Å². The van der Waals surface area contributed by atoms with Crippen LogP contribution in [0.15, 0.2) is 29.3 Å². The number of hydrogen-bond donors (Lipinski definition) is 2.